The number of ether oxygens (including phenoxy) is 1. The number of pyridine rings is 1. The van der Waals surface area contributed by atoms with E-state index in [9.17, 15) is 4.79 Å². The van der Waals surface area contributed by atoms with Gasteiger partial charge in [-0.15, -0.1) is 11.3 Å². The fraction of sp³-hybridized carbons (Fsp3) is 0.250. The summed E-state index contributed by atoms with van der Waals surface area (Å²) in [5.41, 5.74) is 3.55. The second-order valence-corrected chi connectivity index (χ2v) is 6.98. The van der Waals surface area contributed by atoms with Gasteiger partial charge in [0, 0.05) is 23.7 Å². The lowest BCUT2D eigenvalue weighted by Gasteiger charge is -2.29. The molecule has 0 saturated carbocycles. The van der Waals surface area contributed by atoms with E-state index in [0.29, 0.717) is 6.54 Å². The number of hydrogen-bond acceptors (Lipinski definition) is 5. The van der Waals surface area contributed by atoms with Crippen LogP contribution in [0.15, 0.2) is 48.0 Å². The third kappa shape index (κ3) is 3.20. The zero-order chi connectivity index (χ0) is 17.9. The number of nitrogens with zero attached hydrogens (tertiary/aromatic N) is 3. The molecule has 3 aromatic rings. The van der Waals surface area contributed by atoms with Gasteiger partial charge in [0.25, 0.3) is 5.91 Å². The minimum absolute atomic E-state index is 0.00977. The van der Waals surface area contributed by atoms with Gasteiger partial charge >= 0.3 is 0 Å². The maximum atomic E-state index is 12.3. The fourth-order valence-corrected chi connectivity index (χ4v) is 3.74. The van der Waals surface area contributed by atoms with Gasteiger partial charge in [-0.3, -0.25) is 9.78 Å². The molecule has 0 fully saturated rings. The summed E-state index contributed by atoms with van der Waals surface area (Å²) in [4.78, 5) is 23.2. The van der Waals surface area contributed by atoms with Gasteiger partial charge in [-0.1, -0.05) is 19.4 Å². The third-order valence-electron chi connectivity index (χ3n) is 4.32. The Kier molecular flexibility index (Phi) is 4.67. The largest absolute Gasteiger partial charge is 0.482 e. The number of thiazole rings is 1. The van der Waals surface area contributed by atoms with Crippen LogP contribution >= 0.6 is 11.3 Å². The van der Waals surface area contributed by atoms with E-state index in [1.165, 1.54) is 0 Å². The molecule has 2 aromatic heterocycles. The van der Waals surface area contributed by atoms with Crippen molar-refractivity contribution in [1.82, 2.24) is 9.97 Å². The summed E-state index contributed by atoms with van der Waals surface area (Å²) in [5.74, 6) is 0.764. The third-order valence-corrected chi connectivity index (χ3v) is 5.19. The topological polar surface area (TPSA) is 55.3 Å². The normalized spacial score (nSPS) is 13.4. The molecule has 6 heteroatoms. The first-order valence-electron chi connectivity index (χ1n) is 8.71. The second-order valence-electron chi connectivity index (χ2n) is 6.12. The predicted molar refractivity (Wildman–Crippen MR) is 104 cm³/mol. The number of rotatable bonds is 5. The molecule has 132 valence electrons. The molecular weight excluding hydrogens is 346 g/mol. The minimum atomic E-state index is 0.00977. The molecule has 1 amide bonds. The van der Waals surface area contributed by atoms with E-state index in [1.54, 1.807) is 17.5 Å². The molecule has 4 rings (SSSR count). The molecule has 1 aliphatic heterocycles. The zero-order valence-electron chi connectivity index (χ0n) is 14.5. The molecule has 0 aliphatic carbocycles. The van der Waals surface area contributed by atoms with Crippen LogP contribution in [0, 0.1) is 0 Å². The Morgan fingerprint density at radius 3 is 2.96 bits per heavy atom. The molecule has 0 unspecified atom stereocenters. The van der Waals surface area contributed by atoms with Crippen LogP contribution in [0.25, 0.3) is 22.0 Å². The summed E-state index contributed by atoms with van der Waals surface area (Å²) in [6.45, 7) is 2.94. The van der Waals surface area contributed by atoms with Crippen molar-refractivity contribution < 1.29 is 9.53 Å². The van der Waals surface area contributed by atoms with Gasteiger partial charge in [0.2, 0.25) is 0 Å². The van der Waals surface area contributed by atoms with Crippen LogP contribution in [0.4, 0.5) is 5.69 Å². The molecule has 0 atom stereocenters. The van der Waals surface area contributed by atoms with Crippen molar-refractivity contribution in [2.75, 3.05) is 18.1 Å². The quantitative estimate of drug-likeness (QED) is 0.672. The van der Waals surface area contributed by atoms with Gasteiger partial charge in [0.1, 0.15) is 10.8 Å². The van der Waals surface area contributed by atoms with E-state index in [4.69, 9.17) is 9.72 Å². The number of amides is 1. The van der Waals surface area contributed by atoms with Crippen LogP contribution < -0.4 is 9.64 Å². The monoisotopic (exact) mass is 365 g/mol. The average molecular weight is 365 g/mol. The first-order valence-corrected chi connectivity index (χ1v) is 9.58. The van der Waals surface area contributed by atoms with Crippen LogP contribution in [0.2, 0.25) is 0 Å². The first-order chi connectivity index (χ1) is 12.8. The first kappa shape index (κ1) is 16.7. The molecule has 0 spiro atoms. The predicted octanol–water partition coefficient (Wildman–Crippen LogP) is 4.40. The van der Waals surface area contributed by atoms with E-state index >= 15 is 0 Å². The number of aromatic nitrogens is 2. The minimum Gasteiger partial charge on any atom is -0.482 e. The zero-order valence-corrected chi connectivity index (χ0v) is 15.3. The summed E-state index contributed by atoms with van der Waals surface area (Å²) < 4.78 is 5.59. The van der Waals surface area contributed by atoms with Gasteiger partial charge < -0.3 is 9.64 Å². The van der Waals surface area contributed by atoms with Crippen LogP contribution in [-0.2, 0) is 4.79 Å². The van der Waals surface area contributed by atoms with Gasteiger partial charge in [-0.05, 0) is 36.8 Å². The highest BCUT2D eigenvalue weighted by Crippen LogP contribution is 2.37. The van der Waals surface area contributed by atoms with Crippen LogP contribution in [0.1, 0.15) is 19.8 Å². The maximum Gasteiger partial charge on any atom is 0.265 e. The Morgan fingerprint density at radius 2 is 2.15 bits per heavy atom. The van der Waals surface area contributed by atoms with E-state index in [1.807, 2.05) is 46.7 Å². The summed E-state index contributed by atoms with van der Waals surface area (Å²) in [7, 11) is 0. The standard InChI is InChI=1S/C20H19N3O2S/c1-2-3-10-23-17-11-14(7-8-18(17)25-12-19(23)24)16-13-26-20(22-16)15-6-4-5-9-21-15/h4-9,11,13H,2-3,10,12H2,1H3. The van der Waals surface area contributed by atoms with Crippen molar-refractivity contribution in [2.45, 2.75) is 19.8 Å². The number of carbonyl (C=O) groups is 1. The smallest absolute Gasteiger partial charge is 0.265 e. The van der Waals surface area contributed by atoms with E-state index in [-0.39, 0.29) is 12.5 Å². The Bertz CT molecular complexity index is 924. The molecule has 26 heavy (non-hydrogen) atoms. The summed E-state index contributed by atoms with van der Waals surface area (Å²) in [6.07, 6.45) is 3.78. The lowest BCUT2D eigenvalue weighted by atomic mass is 10.1. The van der Waals surface area contributed by atoms with Crippen molar-refractivity contribution in [3.05, 3.63) is 48.0 Å². The highest BCUT2D eigenvalue weighted by atomic mass is 32.1. The second kappa shape index (κ2) is 7.25. The lowest BCUT2D eigenvalue weighted by Crippen LogP contribution is -2.39. The van der Waals surface area contributed by atoms with Crippen LogP contribution in [0.3, 0.4) is 0 Å². The number of hydrogen-bond donors (Lipinski definition) is 0. The van der Waals surface area contributed by atoms with Crippen LogP contribution in [-0.4, -0.2) is 29.0 Å². The number of anilines is 1. The molecule has 0 N–H and O–H groups in total. The SMILES string of the molecule is CCCCN1C(=O)COc2ccc(-c3csc(-c4ccccn4)n3)cc21. The lowest BCUT2D eigenvalue weighted by molar-refractivity contribution is -0.121. The highest BCUT2D eigenvalue weighted by molar-refractivity contribution is 7.13. The molecule has 0 saturated heterocycles. The Hall–Kier alpha value is -2.73. The maximum absolute atomic E-state index is 12.3. The van der Waals surface area contributed by atoms with Crippen molar-refractivity contribution in [3.8, 4) is 27.7 Å². The summed E-state index contributed by atoms with van der Waals surface area (Å²) in [6, 6.07) is 11.7. The van der Waals surface area contributed by atoms with Gasteiger partial charge in [-0.25, -0.2) is 4.98 Å². The number of unbranched alkanes of at least 4 members (excludes halogenated alkanes) is 1. The van der Waals surface area contributed by atoms with Gasteiger partial charge in [0.15, 0.2) is 6.61 Å². The molecule has 0 radical (unpaired) electrons. The Balaban J connectivity index is 1.68. The van der Waals surface area contributed by atoms with Crippen LogP contribution in [0.5, 0.6) is 5.75 Å². The number of carbonyl (C=O) groups excluding carboxylic acids is 1. The summed E-state index contributed by atoms with van der Waals surface area (Å²) >= 11 is 1.56. The molecule has 3 heterocycles. The van der Waals surface area contributed by atoms with Crippen molar-refractivity contribution in [3.63, 3.8) is 0 Å². The summed E-state index contributed by atoms with van der Waals surface area (Å²) in [5, 5.41) is 2.90. The molecule has 0 bridgehead atoms. The van der Waals surface area contributed by atoms with E-state index < -0.39 is 0 Å². The molecular formula is C20H19N3O2S. The van der Waals surface area contributed by atoms with Crippen molar-refractivity contribution >= 4 is 22.9 Å². The molecule has 1 aromatic carbocycles. The fourth-order valence-electron chi connectivity index (χ4n) is 2.94. The van der Waals surface area contributed by atoms with Gasteiger partial charge in [-0.2, -0.15) is 0 Å². The number of benzene rings is 1. The number of fused-ring (bicyclic) bond motifs is 1. The average Bonchev–Trinajstić information content (AvgIpc) is 3.18. The van der Waals surface area contributed by atoms with Crippen molar-refractivity contribution in [1.29, 1.82) is 0 Å². The Labute approximate surface area is 156 Å². The molecule has 5 nitrogen and oxygen atoms in total. The van der Waals surface area contributed by atoms with Crippen molar-refractivity contribution in [2.24, 2.45) is 0 Å². The van der Waals surface area contributed by atoms with E-state index in [0.717, 1.165) is 46.2 Å². The molecule has 1 aliphatic rings. The highest BCUT2D eigenvalue weighted by Gasteiger charge is 2.25. The van der Waals surface area contributed by atoms with Gasteiger partial charge in [0.05, 0.1) is 17.1 Å². The Morgan fingerprint density at radius 1 is 1.23 bits per heavy atom. The van der Waals surface area contributed by atoms with E-state index in [2.05, 4.69) is 11.9 Å².